The van der Waals surface area contributed by atoms with Crippen LogP contribution in [0.5, 0.6) is 11.5 Å². The summed E-state index contributed by atoms with van der Waals surface area (Å²) >= 11 is 0. The molecule has 8 rings (SSSR count). The monoisotopic (exact) mass is 886 g/mol. The Morgan fingerprint density at radius 1 is 0.892 bits per heavy atom. The normalized spacial score (nSPS) is 24.9. The maximum absolute atomic E-state index is 14.0. The molecule has 65 heavy (non-hydrogen) atoms. The number of hydrogen-bond acceptors (Lipinski definition) is 12. The maximum Gasteiger partial charge on any atom is 0.262 e. The van der Waals surface area contributed by atoms with Crippen LogP contribution in [0.3, 0.4) is 0 Å². The number of nitriles is 1. The second kappa shape index (κ2) is 17.2. The van der Waals surface area contributed by atoms with E-state index in [2.05, 4.69) is 68.0 Å². The number of benzene rings is 2. The summed E-state index contributed by atoms with van der Waals surface area (Å²) in [4.78, 5) is 80.1. The predicted octanol–water partition coefficient (Wildman–Crippen LogP) is 6.13. The molecule has 2 N–H and O–H groups in total. The largest absolute Gasteiger partial charge is 0.490 e. The fourth-order valence-corrected chi connectivity index (χ4v) is 11.5. The second-order valence-electron chi connectivity index (χ2n) is 20.4. The lowest BCUT2D eigenvalue weighted by Gasteiger charge is -2.63. The molecule has 3 aliphatic heterocycles. The van der Waals surface area contributed by atoms with Crippen LogP contribution in [0.1, 0.15) is 139 Å². The van der Waals surface area contributed by atoms with Crippen molar-refractivity contribution in [3.05, 3.63) is 75.1 Å². The van der Waals surface area contributed by atoms with Crippen molar-refractivity contribution in [1.29, 1.82) is 5.26 Å². The third-order valence-electron chi connectivity index (χ3n) is 14.8. The molecule has 2 aromatic carbocycles. The molecule has 5 amide bonds. The van der Waals surface area contributed by atoms with Crippen LogP contribution in [0.25, 0.3) is 0 Å². The molecule has 15 nitrogen and oxygen atoms in total. The fourth-order valence-electron chi connectivity index (χ4n) is 11.5. The number of amides is 5. The van der Waals surface area contributed by atoms with Gasteiger partial charge in [-0.1, -0.05) is 27.7 Å². The van der Waals surface area contributed by atoms with Crippen LogP contribution in [0, 0.1) is 55.8 Å². The molecule has 344 valence electrons. The molecule has 3 aromatic rings. The lowest BCUT2D eigenvalue weighted by Crippen LogP contribution is -2.74. The smallest absolute Gasteiger partial charge is 0.262 e. The third-order valence-corrected chi connectivity index (χ3v) is 14.8. The van der Waals surface area contributed by atoms with E-state index in [0.717, 1.165) is 67.1 Å². The van der Waals surface area contributed by atoms with Crippen molar-refractivity contribution in [3.63, 3.8) is 0 Å². The van der Waals surface area contributed by atoms with Crippen LogP contribution in [-0.4, -0.2) is 105 Å². The number of aromatic nitrogens is 2. The number of nitrogens with one attached hydrogen (secondary N) is 2. The van der Waals surface area contributed by atoms with Crippen LogP contribution in [0.15, 0.2) is 30.3 Å². The average molecular weight is 887 g/mol. The van der Waals surface area contributed by atoms with Gasteiger partial charge in [0, 0.05) is 67.9 Å². The highest BCUT2D eigenvalue weighted by atomic mass is 16.5. The highest BCUT2D eigenvalue weighted by Gasteiger charge is 2.64. The Kier molecular flexibility index (Phi) is 12.1. The molecule has 5 aliphatic rings. The van der Waals surface area contributed by atoms with Gasteiger partial charge in [0.2, 0.25) is 17.8 Å². The van der Waals surface area contributed by atoms with Crippen LogP contribution in [0.2, 0.25) is 0 Å². The van der Waals surface area contributed by atoms with Gasteiger partial charge in [-0.15, -0.1) is 0 Å². The van der Waals surface area contributed by atoms with Gasteiger partial charge in [-0.2, -0.15) is 5.26 Å². The van der Waals surface area contributed by atoms with Crippen molar-refractivity contribution >= 4 is 35.5 Å². The SMILES string of the molecule is Cc1cc(OC2C(C)(C)C(NC(=O)c3c(C)nc(N4CCC(CN(C(C)C)C5CC(Oc6ccc7c(c6)C(=O)N([C@@H]6CCC(=O)NC6=O)C7=O)C5)CC4)nc3C)C2(C)C)cc(C)c1C#N. The highest BCUT2D eigenvalue weighted by molar-refractivity contribution is 6.23. The molecular formula is C50H62N8O7. The Labute approximate surface area is 381 Å². The second-order valence-corrected chi connectivity index (χ2v) is 20.4. The number of carbonyl (C=O) groups is 5. The summed E-state index contributed by atoms with van der Waals surface area (Å²) < 4.78 is 12.9. The quantitative estimate of drug-likeness (QED) is 0.199. The van der Waals surface area contributed by atoms with Gasteiger partial charge in [0.15, 0.2) is 0 Å². The lowest BCUT2D eigenvalue weighted by molar-refractivity contribution is -0.164. The minimum atomic E-state index is -1.01. The molecule has 1 aromatic heterocycles. The zero-order chi connectivity index (χ0) is 46.9. The summed E-state index contributed by atoms with van der Waals surface area (Å²) in [5.41, 5.74) is 3.94. The molecule has 4 heterocycles. The standard InChI is InChI=1S/C50H62N8O7/c1-26(2)57(32-21-35(22-32)64-33-11-12-36-37(23-33)45(63)58(44(36)62)39-13-14-40(59)54-42(39)60)25-31-15-17-56(18-16-31)48-52-29(5)41(30(6)53-48)43(61)55-46-49(7,8)47(50(46,9)10)65-34-19-27(3)38(24-51)28(4)20-34/h11-12,19-20,23,26,31-32,35,39,46-47H,13-18,21-22,25H2,1-10H3,(H,55,61)(H,54,59,60)/t32?,35?,39-,46?,47?/m1/s1. The van der Waals surface area contributed by atoms with Crippen molar-refractivity contribution < 1.29 is 33.4 Å². The summed E-state index contributed by atoms with van der Waals surface area (Å²) in [5.74, 6) is 0.0918. The van der Waals surface area contributed by atoms with E-state index in [1.165, 1.54) is 0 Å². The minimum Gasteiger partial charge on any atom is -0.490 e. The Balaban J connectivity index is 0.826. The van der Waals surface area contributed by atoms with Gasteiger partial charge in [-0.3, -0.25) is 39.1 Å². The van der Waals surface area contributed by atoms with Gasteiger partial charge in [0.1, 0.15) is 29.7 Å². The van der Waals surface area contributed by atoms with E-state index in [9.17, 15) is 29.2 Å². The number of piperidine rings is 2. The number of carbonyl (C=O) groups excluding carboxylic acids is 5. The van der Waals surface area contributed by atoms with Gasteiger partial charge in [0.05, 0.1) is 39.7 Å². The molecule has 0 unspecified atom stereocenters. The van der Waals surface area contributed by atoms with Gasteiger partial charge < -0.3 is 19.7 Å². The number of anilines is 1. The predicted molar refractivity (Wildman–Crippen MR) is 243 cm³/mol. The maximum atomic E-state index is 14.0. The van der Waals surface area contributed by atoms with E-state index in [-0.39, 0.29) is 59.0 Å². The number of imide groups is 2. The van der Waals surface area contributed by atoms with E-state index < -0.39 is 29.7 Å². The van der Waals surface area contributed by atoms with Crippen molar-refractivity contribution in [3.8, 4) is 17.6 Å². The van der Waals surface area contributed by atoms with E-state index in [1.807, 2.05) is 39.8 Å². The van der Waals surface area contributed by atoms with Gasteiger partial charge in [-0.05, 0) is 108 Å². The van der Waals surface area contributed by atoms with Crippen LogP contribution >= 0.6 is 0 Å². The van der Waals surface area contributed by atoms with Gasteiger partial charge in [-0.25, -0.2) is 9.97 Å². The molecule has 0 spiro atoms. The topological polar surface area (TPSA) is 187 Å². The number of hydrogen-bond donors (Lipinski definition) is 2. The van der Waals surface area contributed by atoms with Crippen molar-refractivity contribution in [2.45, 2.75) is 144 Å². The van der Waals surface area contributed by atoms with Crippen molar-refractivity contribution in [2.75, 3.05) is 24.5 Å². The first-order valence-electron chi connectivity index (χ1n) is 23.1. The summed E-state index contributed by atoms with van der Waals surface area (Å²) in [6, 6.07) is 10.5. The molecule has 0 bridgehead atoms. The first-order valence-corrected chi connectivity index (χ1v) is 23.1. The van der Waals surface area contributed by atoms with Crippen LogP contribution < -0.4 is 25.0 Å². The Morgan fingerprint density at radius 3 is 2.09 bits per heavy atom. The Morgan fingerprint density at radius 2 is 1.51 bits per heavy atom. The number of fused-ring (bicyclic) bond motifs is 1. The number of ether oxygens (including phenoxy) is 2. The van der Waals surface area contributed by atoms with E-state index in [4.69, 9.17) is 19.4 Å². The molecule has 15 heteroatoms. The van der Waals surface area contributed by atoms with E-state index in [1.54, 1.807) is 18.2 Å². The molecular weight excluding hydrogens is 825 g/mol. The van der Waals surface area contributed by atoms with Gasteiger partial charge >= 0.3 is 0 Å². The van der Waals surface area contributed by atoms with Crippen molar-refractivity contribution in [2.24, 2.45) is 16.7 Å². The number of rotatable bonds is 12. The molecule has 2 saturated carbocycles. The van der Waals surface area contributed by atoms with Crippen LogP contribution in [-0.2, 0) is 9.59 Å². The minimum absolute atomic E-state index is 0.0280. The first-order chi connectivity index (χ1) is 30.7. The fraction of sp³-hybridized carbons (Fsp3) is 0.560. The summed E-state index contributed by atoms with van der Waals surface area (Å²) in [6.07, 6.45) is 3.66. The van der Waals surface area contributed by atoms with E-state index in [0.29, 0.717) is 52.2 Å². The molecule has 2 aliphatic carbocycles. The van der Waals surface area contributed by atoms with Crippen LogP contribution in [0.4, 0.5) is 5.95 Å². The number of nitrogens with zero attached hydrogens (tertiary/aromatic N) is 6. The molecule has 4 fully saturated rings. The molecule has 2 saturated heterocycles. The zero-order valence-electron chi connectivity index (χ0n) is 39.3. The number of aryl methyl sites for hydroxylation is 4. The first kappa shape index (κ1) is 45.7. The third kappa shape index (κ3) is 8.34. The zero-order valence-corrected chi connectivity index (χ0v) is 39.3. The average Bonchev–Trinajstić information content (AvgIpc) is 3.46. The van der Waals surface area contributed by atoms with E-state index >= 15 is 0 Å². The van der Waals surface area contributed by atoms with Crippen molar-refractivity contribution in [1.82, 2.24) is 30.4 Å². The molecule has 0 radical (unpaired) electrons. The Hall–Kier alpha value is -5.88. The summed E-state index contributed by atoms with van der Waals surface area (Å²) in [7, 11) is 0. The Bertz CT molecular complexity index is 2430. The lowest BCUT2D eigenvalue weighted by atomic mass is 9.49. The highest BCUT2D eigenvalue weighted by Crippen LogP contribution is 2.56. The molecule has 1 atom stereocenters. The summed E-state index contributed by atoms with van der Waals surface area (Å²) in [5, 5.41) is 15.1. The summed E-state index contributed by atoms with van der Waals surface area (Å²) in [6.45, 7) is 23.2. The van der Waals surface area contributed by atoms with Gasteiger partial charge in [0.25, 0.3) is 17.7 Å².